The first-order valence-corrected chi connectivity index (χ1v) is 7.50. The van der Waals surface area contributed by atoms with Crippen LogP contribution in [0.15, 0.2) is 29.6 Å². The zero-order valence-corrected chi connectivity index (χ0v) is 11.7. The average Bonchev–Trinajstić information content (AvgIpc) is 3.14. The van der Waals surface area contributed by atoms with E-state index in [2.05, 4.69) is 0 Å². The molecule has 1 saturated carbocycles. The predicted octanol–water partition coefficient (Wildman–Crippen LogP) is 2.84. The molecule has 104 valence electrons. The van der Waals surface area contributed by atoms with E-state index in [4.69, 9.17) is 5.11 Å². The van der Waals surface area contributed by atoms with Gasteiger partial charge in [-0.3, -0.25) is 9.59 Å². The zero-order chi connectivity index (χ0) is 14.1. The molecule has 5 heteroatoms. The van der Waals surface area contributed by atoms with Crippen molar-refractivity contribution in [2.75, 3.05) is 13.1 Å². The smallest absolute Gasteiger partial charge is 0.323 e. The lowest BCUT2D eigenvalue weighted by atomic mass is 10.1. The van der Waals surface area contributed by atoms with Crippen molar-refractivity contribution in [3.05, 3.63) is 35.2 Å². The Hall–Kier alpha value is -1.88. The van der Waals surface area contributed by atoms with Crippen molar-refractivity contribution in [1.82, 2.24) is 4.90 Å². The van der Waals surface area contributed by atoms with Crippen LogP contribution in [-0.2, 0) is 4.79 Å². The van der Waals surface area contributed by atoms with Crippen LogP contribution in [0.2, 0.25) is 0 Å². The van der Waals surface area contributed by atoms with E-state index in [0.717, 1.165) is 22.9 Å². The Morgan fingerprint density at radius 3 is 2.75 bits per heavy atom. The molecule has 20 heavy (non-hydrogen) atoms. The Morgan fingerprint density at radius 1 is 1.30 bits per heavy atom. The van der Waals surface area contributed by atoms with Gasteiger partial charge in [-0.15, -0.1) is 11.3 Å². The number of fused-ring (bicyclic) bond motifs is 1. The van der Waals surface area contributed by atoms with Gasteiger partial charge in [-0.25, -0.2) is 0 Å². The Morgan fingerprint density at radius 2 is 2.05 bits per heavy atom. The molecule has 3 rings (SSSR count). The van der Waals surface area contributed by atoms with E-state index >= 15 is 0 Å². The van der Waals surface area contributed by atoms with Crippen LogP contribution in [0.3, 0.4) is 0 Å². The van der Waals surface area contributed by atoms with Gasteiger partial charge in [-0.05, 0) is 24.8 Å². The summed E-state index contributed by atoms with van der Waals surface area (Å²) in [7, 11) is 0. The maximum Gasteiger partial charge on any atom is 0.323 e. The van der Waals surface area contributed by atoms with Gasteiger partial charge in [0.15, 0.2) is 0 Å². The summed E-state index contributed by atoms with van der Waals surface area (Å²) in [5.74, 6) is -0.654. The fourth-order valence-corrected chi connectivity index (χ4v) is 3.24. The maximum absolute atomic E-state index is 12.6. The van der Waals surface area contributed by atoms with E-state index in [0.29, 0.717) is 18.0 Å². The summed E-state index contributed by atoms with van der Waals surface area (Å²) < 4.78 is 1.05. The van der Waals surface area contributed by atoms with E-state index in [1.54, 1.807) is 0 Å². The maximum atomic E-state index is 12.6. The van der Waals surface area contributed by atoms with Crippen LogP contribution in [0, 0.1) is 5.92 Å². The van der Waals surface area contributed by atoms with Gasteiger partial charge < -0.3 is 10.0 Å². The van der Waals surface area contributed by atoms with Gasteiger partial charge in [0.25, 0.3) is 5.91 Å². The molecule has 2 aromatic rings. The van der Waals surface area contributed by atoms with Crippen molar-refractivity contribution in [1.29, 1.82) is 0 Å². The van der Waals surface area contributed by atoms with E-state index in [-0.39, 0.29) is 12.5 Å². The molecule has 0 radical (unpaired) electrons. The molecule has 0 unspecified atom stereocenters. The molecule has 1 aliphatic carbocycles. The fraction of sp³-hybridized carbons (Fsp3) is 0.333. The highest BCUT2D eigenvalue weighted by molar-refractivity contribution is 7.17. The van der Waals surface area contributed by atoms with Gasteiger partial charge in [0.1, 0.15) is 6.54 Å². The minimum atomic E-state index is -0.960. The number of benzene rings is 1. The van der Waals surface area contributed by atoms with E-state index in [1.807, 2.05) is 29.6 Å². The van der Waals surface area contributed by atoms with Crippen LogP contribution >= 0.6 is 11.3 Å². The number of carboxylic acid groups (broad SMARTS) is 1. The molecular weight excluding hydrogens is 274 g/mol. The van der Waals surface area contributed by atoms with E-state index < -0.39 is 5.97 Å². The second-order valence-corrected chi connectivity index (χ2v) is 6.08. The Balaban J connectivity index is 1.89. The molecule has 1 heterocycles. The molecule has 0 spiro atoms. The van der Waals surface area contributed by atoms with Crippen molar-refractivity contribution in [2.24, 2.45) is 5.92 Å². The van der Waals surface area contributed by atoms with Gasteiger partial charge in [0, 0.05) is 22.0 Å². The molecule has 1 amide bonds. The lowest BCUT2D eigenvalue weighted by Gasteiger charge is -2.20. The molecule has 0 atom stereocenters. The highest BCUT2D eigenvalue weighted by Gasteiger charge is 2.29. The Labute approximate surface area is 120 Å². The lowest BCUT2D eigenvalue weighted by molar-refractivity contribution is -0.137. The number of hydrogen-bond acceptors (Lipinski definition) is 3. The Kier molecular flexibility index (Phi) is 3.44. The van der Waals surface area contributed by atoms with Gasteiger partial charge in [-0.1, -0.05) is 18.2 Å². The first-order valence-electron chi connectivity index (χ1n) is 6.62. The van der Waals surface area contributed by atoms with Crippen LogP contribution < -0.4 is 0 Å². The third-order valence-electron chi connectivity index (χ3n) is 3.50. The second kappa shape index (κ2) is 5.25. The zero-order valence-electron chi connectivity index (χ0n) is 10.9. The van der Waals surface area contributed by atoms with Crippen LogP contribution in [0.1, 0.15) is 23.2 Å². The van der Waals surface area contributed by atoms with Crippen LogP contribution in [0.25, 0.3) is 10.1 Å². The number of carbonyl (C=O) groups excluding carboxylic acids is 1. The number of carbonyl (C=O) groups is 2. The molecule has 1 N–H and O–H groups in total. The van der Waals surface area contributed by atoms with Crippen molar-refractivity contribution in [2.45, 2.75) is 12.8 Å². The minimum Gasteiger partial charge on any atom is -0.480 e. The first-order chi connectivity index (χ1) is 9.65. The molecule has 0 bridgehead atoms. The summed E-state index contributed by atoms with van der Waals surface area (Å²) in [6, 6.07) is 7.72. The summed E-state index contributed by atoms with van der Waals surface area (Å²) in [5, 5.41) is 11.7. The van der Waals surface area contributed by atoms with Crippen molar-refractivity contribution in [3.63, 3.8) is 0 Å². The molecular formula is C15H15NO3S. The average molecular weight is 289 g/mol. The lowest BCUT2D eigenvalue weighted by Crippen LogP contribution is -2.37. The standard InChI is InChI=1S/C15H15NO3S/c17-14(18)8-16(7-10-5-6-10)15(19)12-9-20-13-4-2-1-3-11(12)13/h1-4,9-10H,5-8H2,(H,17,18). The second-order valence-electron chi connectivity index (χ2n) is 5.17. The van der Waals surface area contributed by atoms with Crippen molar-refractivity contribution in [3.8, 4) is 0 Å². The van der Waals surface area contributed by atoms with Gasteiger partial charge in [-0.2, -0.15) is 0 Å². The highest BCUT2D eigenvalue weighted by atomic mass is 32.1. The number of rotatable bonds is 5. The minimum absolute atomic E-state index is 0.170. The summed E-state index contributed by atoms with van der Waals surface area (Å²) in [6.07, 6.45) is 2.18. The molecule has 1 aromatic carbocycles. The fourth-order valence-electron chi connectivity index (χ4n) is 2.31. The number of hydrogen-bond donors (Lipinski definition) is 1. The third kappa shape index (κ3) is 2.67. The third-order valence-corrected chi connectivity index (χ3v) is 4.46. The molecule has 1 fully saturated rings. The number of carboxylic acids is 1. The van der Waals surface area contributed by atoms with E-state index in [1.165, 1.54) is 16.2 Å². The van der Waals surface area contributed by atoms with Crippen molar-refractivity contribution < 1.29 is 14.7 Å². The predicted molar refractivity (Wildman–Crippen MR) is 78.1 cm³/mol. The summed E-state index contributed by atoms with van der Waals surface area (Å²) >= 11 is 1.52. The van der Waals surface area contributed by atoms with Gasteiger partial charge in [0.2, 0.25) is 0 Å². The highest BCUT2D eigenvalue weighted by Crippen LogP contribution is 2.31. The quantitative estimate of drug-likeness (QED) is 0.920. The topological polar surface area (TPSA) is 57.6 Å². The number of amides is 1. The number of nitrogens with zero attached hydrogens (tertiary/aromatic N) is 1. The van der Waals surface area contributed by atoms with Crippen LogP contribution in [-0.4, -0.2) is 35.0 Å². The summed E-state index contributed by atoms with van der Waals surface area (Å²) in [4.78, 5) is 25.0. The molecule has 1 aliphatic rings. The number of aliphatic carboxylic acids is 1. The molecule has 1 aromatic heterocycles. The molecule has 0 saturated heterocycles. The normalized spacial score (nSPS) is 14.4. The van der Waals surface area contributed by atoms with Gasteiger partial charge >= 0.3 is 5.97 Å². The van der Waals surface area contributed by atoms with Crippen LogP contribution in [0.5, 0.6) is 0 Å². The monoisotopic (exact) mass is 289 g/mol. The summed E-state index contributed by atoms with van der Waals surface area (Å²) in [6.45, 7) is 0.328. The van der Waals surface area contributed by atoms with Gasteiger partial charge in [0.05, 0.1) is 5.56 Å². The van der Waals surface area contributed by atoms with Crippen LogP contribution in [0.4, 0.5) is 0 Å². The largest absolute Gasteiger partial charge is 0.480 e. The number of thiophene rings is 1. The molecule has 4 nitrogen and oxygen atoms in total. The van der Waals surface area contributed by atoms with Crippen molar-refractivity contribution >= 4 is 33.3 Å². The Bertz CT molecular complexity index is 660. The summed E-state index contributed by atoms with van der Waals surface area (Å²) in [5.41, 5.74) is 0.618. The van der Waals surface area contributed by atoms with E-state index in [9.17, 15) is 9.59 Å². The molecule has 0 aliphatic heterocycles. The SMILES string of the molecule is O=C(O)CN(CC1CC1)C(=O)c1csc2ccccc12. The first kappa shape index (κ1) is 13.1.